The van der Waals surface area contributed by atoms with Crippen LogP contribution in [0.3, 0.4) is 0 Å². The number of ether oxygens (including phenoxy) is 1. The second-order valence-electron chi connectivity index (χ2n) is 7.39. The highest BCUT2D eigenvalue weighted by Crippen LogP contribution is 2.22. The zero-order valence-electron chi connectivity index (χ0n) is 18.4. The summed E-state index contributed by atoms with van der Waals surface area (Å²) in [4.78, 5) is 32.5. The van der Waals surface area contributed by atoms with E-state index in [-0.39, 0.29) is 6.23 Å². The summed E-state index contributed by atoms with van der Waals surface area (Å²) >= 11 is 0. The quantitative estimate of drug-likeness (QED) is 0.384. The minimum absolute atomic E-state index is 0.0488. The average Bonchev–Trinajstić information content (AvgIpc) is 3.07. The lowest BCUT2D eigenvalue weighted by atomic mass is 9.96. The number of carbonyl (C=O) groups is 3. The Morgan fingerprint density at radius 3 is 2.09 bits per heavy atom. The number of aromatic nitrogens is 2. The molecule has 11 heteroatoms. The van der Waals surface area contributed by atoms with Gasteiger partial charge < -0.3 is 25.2 Å². The Labute approximate surface area is 185 Å². The zero-order valence-corrected chi connectivity index (χ0v) is 18.4. The molecular weight excluding hydrogens is 422 g/mol. The Kier molecular flexibility index (Phi) is 9.82. The smallest absolute Gasteiger partial charge is 0.336 e. The highest BCUT2D eigenvalue weighted by atomic mass is 16.5. The molecule has 2 rings (SSSR count). The second kappa shape index (κ2) is 11.8. The molecule has 1 unspecified atom stereocenters. The van der Waals surface area contributed by atoms with Crippen LogP contribution in [0.1, 0.15) is 31.0 Å². The van der Waals surface area contributed by atoms with Crippen molar-refractivity contribution in [3.8, 4) is 5.75 Å². The first-order chi connectivity index (χ1) is 14.9. The van der Waals surface area contributed by atoms with Gasteiger partial charge in [-0.1, -0.05) is 18.2 Å². The van der Waals surface area contributed by atoms with E-state index in [2.05, 4.69) is 11.2 Å². The first-order valence-corrected chi connectivity index (χ1v) is 9.63. The molecule has 0 aliphatic carbocycles. The fourth-order valence-corrected chi connectivity index (χ4v) is 2.54. The number of carboxylic acids is 3. The van der Waals surface area contributed by atoms with Crippen molar-refractivity contribution in [1.29, 1.82) is 0 Å². The van der Waals surface area contributed by atoms with E-state index in [1.807, 2.05) is 68.1 Å². The predicted molar refractivity (Wildman–Crippen MR) is 113 cm³/mol. The number of aliphatic carboxylic acids is 3. The standard InChI is InChI=1S/C15H21N3O.C6H8O7/c1-12(17(2)3)19-15-8-6-5-7-13(15)11-14-9-10-16-18(14)4;7-3(8)1-6(13,5(11)12)2-4(9)10/h5-10,12H,11H2,1-4H3;13H,1-2H2,(H,7,8)(H,9,10)(H,11,12). The largest absolute Gasteiger partial charge is 0.481 e. The van der Waals surface area contributed by atoms with Gasteiger partial charge in [-0.15, -0.1) is 0 Å². The molecule has 0 bridgehead atoms. The van der Waals surface area contributed by atoms with Gasteiger partial charge in [-0.05, 0) is 33.2 Å². The summed E-state index contributed by atoms with van der Waals surface area (Å²) < 4.78 is 7.89. The van der Waals surface area contributed by atoms with Gasteiger partial charge in [-0.25, -0.2) is 4.79 Å². The molecule has 11 nitrogen and oxygen atoms in total. The van der Waals surface area contributed by atoms with Gasteiger partial charge in [0.25, 0.3) is 0 Å². The summed E-state index contributed by atoms with van der Waals surface area (Å²) in [5.41, 5.74) is -0.383. The molecular formula is C21H29N3O8. The van der Waals surface area contributed by atoms with Gasteiger partial charge in [0.05, 0.1) is 12.8 Å². The van der Waals surface area contributed by atoms with Crippen LogP contribution < -0.4 is 4.74 Å². The second-order valence-corrected chi connectivity index (χ2v) is 7.39. The van der Waals surface area contributed by atoms with Gasteiger partial charge in [0.1, 0.15) is 12.0 Å². The topological polar surface area (TPSA) is 162 Å². The van der Waals surface area contributed by atoms with Crippen LogP contribution in [0.15, 0.2) is 36.5 Å². The fraction of sp³-hybridized carbons (Fsp3) is 0.429. The third kappa shape index (κ3) is 8.36. The molecule has 0 aliphatic rings. The molecule has 0 fully saturated rings. The molecule has 0 aliphatic heterocycles. The van der Waals surface area contributed by atoms with E-state index in [1.54, 1.807) is 0 Å². The van der Waals surface area contributed by atoms with E-state index in [4.69, 9.17) is 25.2 Å². The number of rotatable bonds is 10. The van der Waals surface area contributed by atoms with Crippen molar-refractivity contribution in [3.63, 3.8) is 0 Å². The Hall–Kier alpha value is -3.44. The lowest BCUT2D eigenvalue weighted by Crippen LogP contribution is -2.42. The van der Waals surface area contributed by atoms with Crippen LogP contribution in [0.2, 0.25) is 0 Å². The normalized spacial score (nSPS) is 11.9. The summed E-state index contributed by atoms with van der Waals surface area (Å²) in [5, 5.41) is 38.0. The highest BCUT2D eigenvalue weighted by molar-refractivity contribution is 5.88. The van der Waals surface area contributed by atoms with Crippen molar-refractivity contribution >= 4 is 17.9 Å². The van der Waals surface area contributed by atoms with Crippen molar-refractivity contribution < 1.29 is 39.5 Å². The minimum atomic E-state index is -2.74. The minimum Gasteiger partial charge on any atom is -0.481 e. The Morgan fingerprint density at radius 2 is 1.66 bits per heavy atom. The van der Waals surface area contributed by atoms with E-state index < -0.39 is 36.4 Å². The Morgan fingerprint density at radius 1 is 1.09 bits per heavy atom. The monoisotopic (exact) mass is 451 g/mol. The molecule has 1 heterocycles. The maximum atomic E-state index is 10.3. The van der Waals surface area contributed by atoms with E-state index in [0.717, 1.165) is 12.2 Å². The highest BCUT2D eigenvalue weighted by Gasteiger charge is 2.40. The number of aryl methyl sites for hydroxylation is 1. The maximum Gasteiger partial charge on any atom is 0.336 e. The molecule has 0 amide bonds. The number of aliphatic hydroxyl groups is 1. The molecule has 4 N–H and O–H groups in total. The van der Waals surface area contributed by atoms with Crippen molar-refractivity contribution in [2.45, 2.75) is 38.0 Å². The molecule has 176 valence electrons. The van der Waals surface area contributed by atoms with Crippen LogP contribution in [0.25, 0.3) is 0 Å². The van der Waals surface area contributed by atoms with Crippen molar-refractivity contribution in [1.82, 2.24) is 14.7 Å². The molecule has 0 saturated carbocycles. The van der Waals surface area contributed by atoms with E-state index in [0.29, 0.717) is 0 Å². The van der Waals surface area contributed by atoms with Gasteiger partial charge >= 0.3 is 17.9 Å². The lowest BCUT2D eigenvalue weighted by Gasteiger charge is -2.22. The fourth-order valence-electron chi connectivity index (χ4n) is 2.54. The number of carboxylic acid groups (broad SMARTS) is 3. The Bertz CT molecular complexity index is 909. The summed E-state index contributed by atoms with van der Waals surface area (Å²) in [6.07, 6.45) is 0.407. The molecule has 1 atom stereocenters. The molecule has 0 radical (unpaired) electrons. The van der Waals surface area contributed by atoms with Gasteiger partial charge in [0.15, 0.2) is 5.60 Å². The van der Waals surface area contributed by atoms with E-state index in [9.17, 15) is 14.4 Å². The number of nitrogens with zero attached hydrogens (tertiary/aromatic N) is 3. The average molecular weight is 451 g/mol. The first-order valence-electron chi connectivity index (χ1n) is 9.63. The number of para-hydroxylation sites is 1. The summed E-state index contributed by atoms with van der Waals surface area (Å²) in [7, 11) is 5.98. The predicted octanol–water partition coefficient (Wildman–Crippen LogP) is 1.05. The van der Waals surface area contributed by atoms with E-state index >= 15 is 0 Å². The number of hydrogen-bond donors (Lipinski definition) is 4. The summed E-state index contributed by atoms with van der Waals surface area (Å²) in [6.45, 7) is 2.04. The zero-order chi connectivity index (χ0) is 24.5. The molecule has 0 spiro atoms. The van der Waals surface area contributed by atoms with Crippen LogP contribution in [0.4, 0.5) is 0 Å². The third-order valence-corrected chi connectivity index (χ3v) is 4.58. The lowest BCUT2D eigenvalue weighted by molar-refractivity contribution is -0.170. The van der Waals surface area contributed by atoms with Gasteiger partial charge in [0.2, 0.25) is 0 Å². The SMILES string of the molecule is CC(Oc1ccccc1Cc1ccnn1C)N(C)C.O=C(O)CC(O)(CC(=O)O)C(=O)O. The number of benzene rings is 1. The summed E-state index contributed by atoms with van der Waals surface area (Å²) in [5.74, 6) is -4.08. The van der Waals surface area contributed by atoms with E-state index in [1.165, 1.54) is 11.3 Å². The van der Waals surface area contributed by atoms with Crippen molar-refractivity contribution in [2.24, 2.45) is 7.05 Å². The molecule has 32 heavy (non-hydrogen) atoms. The molecule has 1 aromatic heterocycles. The van der Waals surface area contributed by atoms with Crippen LogP contribution in [-0.2, 0) is 27.9 Å². The molecule has 0 saturated heterocycles. The summed E-state index contributed by atoms with van der Waals surface area (Å²) in [6, 6.07) is 10.2. The Balaban J connectivity index is 0.000000347. The molecule has 1 aromatic carbocycles. The number of hydrogen-bond acceptors (Lipinski definition) is 7. The van der Waals surface area contributed by atoms with Gasteiger partial charge in [-0.2, -0.15) is 5.10 Å². The van der Waals surface area contributed by atoms with Crippen LogP contribution >= 0.6 is 0 Å². The van der Waals surface area contributed by atoms with Crippen LogP contribution in [-0.4, -0.2) is 78.9 Å². The molecule has 2 aromatic rings. The van der Waals surface area contributed by atoms with Crippen LogP contribution in [0, 0.1) is 0 Å². The first kappa shape index (κ1) is 26.6. The van der Waals surface area contributed by atoms with Crippen LogP contribution in [0.5, 0.6) is 5.75 Å². The van der Waals surface area contributed by atoms with Crippen molar-refractivity contribution in [2.75, 3.05) is 14.1 Å². The van der Waals surface area contributed by atoms with Gasteiger partial charge in [-0.3, -0.25) is 19.2 Å². The third-order valence-electron chi connectivity index (χ3n) is 4.58. The van der Waals surface area contributed by atoms with Crippen molar-refractivity contribution in [3.05, 3.63) is 47.8 Å². The maximum absolute atomic E-state index is 10.3. The van der Waals surface area contributed by atoms with Gasteiger partial charge in [0, 0.05) is 30.9 Å².